The summed E-state index contributed by atoms with van der Waals surface area (Å²) in [5, 5.41) is 4.89. The van der Waals surface area contributed by atoms with Gasteiger partial charge in [0.15, 0.2) is 0 Å². The van der Waals surface area contributed by atoms with Crippen LogP contribution in [0.4, 0.5) is 5.13 Å². The van der Waals surface area contributed by atoms with Gasteiger partial charge in [0.1, 0.15) is 5.82 Å². The van der Waals surface area contributed by atoms with Crippen LogP contribution in [0, 0.1) is 0 Å². The van der Waals surface area contributed by atoms with Crippen molar-refractivity contribution < 1.29 is 0 Å². The number of benzene rings is 1. The summed E-state index contributed by atoms with van der Waals surface area (Å²) in [4.78, 5) is 4.46. The van der Waals surface area contributed by atoms with Gasteiger partial charge in [0.05, 0.1) is 0 Å². The Balaban J connectivity index is 1.85. The second-order valence-corrected chi connectivity index (χ2v) is 5.43. The molecule has 0 spiro atoms. The molecule has 0 amide bonds. The second-order valence-electron chi connectivity index (χ2n) is 4.24. The van der Waals surface area contributed by atoms with Crippen LogP contribution in [-0.2, 0) is 6.42 Å². The Kier molecular flexibility index (Phi) is 5.57. The highest BCUT2D eigenvalue weighted by Crippen LogP contribution is 2.16. The summed E-state index contributed by atoms with van der Waals surface area (Å²) in [5.41, 5.74) is 6.61. The fraction of sp³-hybridized carbons (Fsp3) is 0.385. The van der Waals surface area contributed by atoms with Crippen LogP contribution in [0.15, 0.2) is 24.3 Å². The molecule has 1 heterocycles. The van der Waals surface area contributed by atoms with Gasteiger partial charge in [-0.05, 0) is 37.1 Å². The van der Waals surface area contributed by atoms with E-state index in [0.29, 0.717) is 0 Å². The molecule has 0 saturated heterocycles. The van der Waals surface area contributed by atoms with Crippen LogP contribution in [0.2, 0.25) is 5.02 Å². The summed E-state index contributed by atoms with van der Waals surface area (Å²) in [6.07, 6.45) is 2.82. The average Bonchev–Trinajstić information content (AvgIpc) is 2.85. The highest BCUT2D eigenvalue weighted by molar-refractivity contribution is 7.09. The van der Waals surface area contributed by atoms with Crippen molar-refractivity contribution in [2.45, 2.75) is 19.3 Å². The molecule has 3 N–H and O–H groups in total. The number of rotatable bonds is 7. The van der Waals surface area contributed by atoms with Crippen LogP contribution in [0.25, 0.3) is 0 Å². The zero-order valence-corrected chi connectivity index (χ0v) is 12.2. The zero-order valence-electron chi connectivity index (χ0n) is 10.6. The SMILES string of the molecule is NCCCCNc1nc(Cc2ccc(Cl)cc2)ns1. The second kappa shape index (κ2) is 7.43. The van der Waals surface area contributed by atoms with Gasteiger partial charge >= 0.3 is 0 Å². The number of anilines is 1. The number of hydrogen-bond donors (Lipinski definition) is 2. The Morgan fingerprint density at radius 1 is 1.21 bits per heavy atom. The number of hydrogen-bond acceptors (Lipinski definition) is 5. The van der Waals surface area contributed by atoms with Gasteiger partial charge in [-0.25, -0.2) is 4.98 Å². The van der Waals surface area contributed by atoms with Gasteiger partial charge in [0.2, 0.25) is 5.13 Å². The fourth-order valence-electron chi connectivity index (χ4n) is 1.65. The third-order valence-corrected chi connectivity index (χ3v) is 3.61. The maximum Gasteiger partial charge on any atom is 0.202 e. The minimum Gasteiger partial charge on any atom is -0.360 e. The van der Waals surface area contributed by atoms with Gasteiger partial charge in [-0.2, -0.15) is 4.37 Å². The predicted octanol–water partition coefficient (Wildman–Crippen LogP) is 2.93. The minimum absolute atomic E-state index is 0.734. The first-order chi connectivity index (χ1) is 9.28. The lowest BCUT2D eigenvalue weighted by molar-refractivity contribution is 0.773. The molecule has 0 aliphatic rings. The summed E-state index contributed by atoms with van der Waals surface area (Å²) >= 11 is 7.25. The van der Waals surface area contributed by atoms with Gasteiger partial charge in [0.25, 0.3) is 0 Å². The molecule has 102 valence electrons. The molecule has 2 aromatic rings. The van der Waals surface area contributed by atoms with Crippen LogP contribution in [0.3, 0.4) is 0 Å². The van der Waals surface area contributed by atoms with E-state index in [0.717, 1.165) is 53.9 Å². The van der Waals surface area contributed by atoms with Crippen molar-refractivity contribution in [2.75, 3.05) is 18.4 Å². The first kappa shape index (κ1) is 14.2. The topological polar surface area (TPSA) is 63.8 Å². The summed E-state index contributed by atoms with van der Waals surface area (Å²) < 4.78 is 4.34. The summed E-state index contributed by atoms with van der Waals surface area (Å²) in [7, 11) is 0. The molecule has 2 rings (SSSR count). The Labute approximate surface area is 122 Å². The van der Waals surface area contributed by atoms with Gasteiger partial charge in [0, 0.05) is 29.5 Å². The lowest BCUT2D eigenvalue weighted by Crippen LogP contribution is -2.05. The third kappa shape index (κ3) is 4.78. The first-order valence-electron chi connectivity index (χ1n) is 6.29. The Morgan fingerprint density at radius 2 is 2.00 bits per heavy atom. The first-order valence-corrected chi connectivity index (χ1v) is 7.44. The molecule has 4 nitrogen and oxygen atoms in total. The average molecular weight is 297 g/mol. The van der Waals surface area contributed by atoms with Gasteiger partial charge < -0.3 is 11.1 Å². The maximum atomic E-state index is 5.85. The van der Waals surface area contributed by atoms with E-state index in [4.69, 9.17) is 17.3 Å². The molecule has 0 atom stereocenters. The molecule has 1 aromatic heterocycles. The van der Waals surface area contributed by atoms with E-state index < -0.39 is 0 Å². The lowest BCUT2D eigenvalue weighted by Gasteiger charge is -2.00. The number of aromatic nitrogens is 2. The normalized spacial score (nSPS) is 10.6. The van der Waals surface area contributed by atoms with Crippen molar-refractivity contribution in [3.05, 3.63) is 40.7 Å². The highest BCUT2D eigenvalue weighted by atomic mass is 35.5. The number of unbranched alkanes of at least 4 members (excludes halogenated alkanes) is 1. The molecule has 0 aliphatic carbocycles. The summed E-state index contributed by atoms with van der Waals surface area (Å²) in [6, 6.07) is 7.76. The van der Waals surface area contributed by atoms with E-state index in [1.807, 2.05) is 24.3 Å². The fourth-order valence-corrected chi connectivity index (χ4v) is 2.38. The molecule has 0 fully saturated rings. The predicted molar refractivity (Wildman–Crippen MR) is 80.9 cm³/mol. The van der Waals surface area contributed by atoms with Crippen molar-refractivity contribution >= 4 is 28.3 Å². The standard InChI is InChI=1S/C13H17ClN4S/c14-11-5-3-10(4-6-11)9-12-17-13(19-18-12)16-8-2-1-7-15/h3-6H,1-2,7-9,15H2,(H,16,17,18). The highest BCUT2D eigenvalue weighted by Gasteiger charge is 2.04. The largest absolute Gasteiger partial charge is 0.360 e. The molecule has 0 saturated carbocycles. The van der Waals surface area contributed by atoms with E-state index in [1.165, 1.54) is 11.5 Å². The third-order valence-electron chi connectivity index (χ3n) is 2.65. The molecule has 19 heavy (non-hydrogen) atoms. The number of nitrogens with two attached hydrogens (primary N) is 1. The van der Waals surface area contributed by atoms with E-state index in [2.05, 4.69) is 14.7 Å². The Bertz CT molecular complexity index is 498. The number of halogens is 1. The van der Waals surface area contributed by atoms with E-state index in [-0.39, 0.29) is 0 Å². The maximum absolute atomic E-state index is 5.85. The van der Waals surface area contributed by atoms with Crippen LogP contribution in [-0.4, -0.2) is 22.4 Å². The molecule has 0 unspecified atom stereocenters. The van der Waals surface area contributed by atoms with Gasteiger partial charge in [-0.1, -0.05) is 23.7 Å². The van der Waals surface area contributed by atoms with E-state index in [9.17, 15) is 0 Å². The quantitative estimate of drug-likeness (QED) is 0.771. The lowest BCUT2D eigenvalue weighted by atomic mass is 10.1. The molecule has 0 bridgehead atoms. The van der Waals surface area contributed by atoms with E-state index >= 15 is 0 Å². The minimum atomic E-state index is 0.734. The van der Waals surface area contributed by atoms with Crippen molar-refractivity contribution in [1.82, 2.24) is 9.36 Å². The van der Waals surface area contributed by atoms with Crippen LogP contribution >= 0.6 is 23.1 Å². The molecular formula is C13H17ClN4S. The molecule has 0 radical (unpaired) electrons. The van der Waals surface area contributed by atoms with E-state index in [1.54, 1.807) is 0 Å². The number of nitrogens with one attached hydrogen (secondary N) is 1. The van der Waals surface area contributed by atoms with Crippen LogP contribution < -0.4 is 11.1 Å². The van der Waals surface area contributed by atoms with Crippen molar-refractivity contribution in [1.29, 1.82) is 0 Å². The molecule has 1 aromatic carbocycles. The molecule has 0 aliphatic heterocycles. The van der Waals surface area contributed by atoms with Crippen molar-refractivity contribution in [2.24, 2.45) is 5.73 Å². The van der Waals surface area contributed by atoms with Gasteiger partial charge in [-0.15, -0.1) is 0 Å². The van der Waals surface area contributed by atoms with Crippen LogP contribution in [0.1, 0.15) is 24.2 Å². The smallest absolute Gasteiger partial charge is 0.202 e. The zero-order chi connectivity index (χ0) is 13.5. The Morgan fingerprint density at radius 3 is 2.74 bits per heavy atom. The number of nitrogens with zero attached hydrogens (tertiary/aromatic N) is 2. The van der Waals surface area contributed by atoms with Crippen molar-refractivity contribution in [3.8, 4) is 0 Å². The van der Waals surface area contributed by atoms with Gasteiger partial charge in [-0.3, -0.25) is 0 Å². The molecule has 6 heteroatoms. The molecular weight excluding hydrogens is 280 g/mol. The van der Waals surface area contributed by atoms with Crippen LogP contribution in [0.5, 0.6) is 0 Å². The summed E-state index contributed by atoms with van der Waals surface area (Å²) in [5.74, 6) is 0.841. The van der Waals surface area contributed by atoms with Crippen molar-refractivity contribution in [3.63, 3.8) is 0 Å². The summed E-state index contributed by atoms with van der Waals surface area (Å²) in [6.45, 7) is 1.63. The Hall–Kier alpha value is -1.17. The monoisotopic (exact) mass is 296 g/mol.